The summed E-state index contributed by atoms with van der Waals surface area (Å²) in [6.07, 6.45) is 2.73. The number of carbonyl (C=O) groups excluding carboxylic acids is 1. The number of carboxylic acids is 1. The Morgan fingerprint density at radius 1 is 1.11 bits per heavy atom. The van der Waals surface area contributed by atoms with E-state index >= 15 is 0 Å². The summed E-state index contributed by atoms with van der Waals surface area (Å²) in [5.74, 6) is -1.30. The van der Waals surface area contributed by atoms with E-state index in [0.717, 1.165) is 5.69 Å². The zero-order valence-corrected chi connectivity index (χ0v) is 10.7. The van der Waals surface area contributed by atoms with Crippen LogP contribution in [0.3, 0.4) is 0 Å². The molecule has 2 aromatic heterocycles. The van der Waals surface area contributed by atoms with E-state index in [1.807, 2.05) is 0 Å². The number of aromatic nitrogens is 4. The lowest BCUT2D eigenvalue weighted by Crippen LogP contribution is -2.00. The smallest absolute Gasteiger partial charge is 0.341 e. The summed E-state index contributed by atoms with van der Waals surface area (Å²) in [6, 6.07) is 0. The molecule has 0 fully saturated rings. The predicted molar refractivity (Wildman–Crippen MR) is 64.9 cm³/mol. The van der Waals surface area contributed by atoms with E-state index in [1.54, 1.807) is 13.8 Å². The number of hydrogen-bond acceptors (Lipinski definition) is 5. The van der Waals surface area contributed by atoms with E-state index in [4.69, 9.17) is 5.11 Å². The summed E-state index contributed by atoms with van der Waals surface area (Å²) < 4.78 is 4.48. The molecule has 0 saturated heterocycles. The first kappa shape index (κ1) is 14.4. The summed E-state index contributed by atoms with van der Waals surface area (Å²) >= 11 is 0. The molecule has 0 aliphatic rings. The van der Waals surface area contributed by atoms with Gasteiger partial charge < -0.3 is 9.84 Å². The Hall–Kier alpha value is -2.64. The van der Waals surface area contributed by atoms with Gasteiger partial charge >= 0.3 is 11.9 Å². The summed E-state index contributed by atoms with van der Waals surface area (Å²) in [4.78, 5) is 21.0. The number of aryl methyl sites for hydroxylation is 2. The van der Waals surface area contributed by atoms with Crippen molar-refractivity contribution in [1.29, 1.82) is 0 Å². The van der Waals surface area contributed by atoms with Crippen LogP contribution in [0, 0.1) is 13.8 Å². The van der Waals surface area contributed by atoms with Crippen LogP contribution in [0.5, 0.6) is 0 Å². The highest BCUT2D eigenvalue weighted by Gasteiger charge is 2.09. The maximum absolute atomic E-state index is 10.8. The number of esters is 1. The van der Waals surface area contributed by atoms with Crippen molar-refractivity contribution < 1.29 is 19.4 Å². The topological polar surface area (TPSA) is 121 Å². The first-order valence-corrected chi connectivity index (χ1v) is 5.29. The molecule has 8 heteroatoms. The number of hydrogen-bond donors (Lipinski definition) is 3. The van der Waals surface area contributed by atoms with E-state index < -0.39 is 5.97 Å². The second-order valence-electron chi connectivity index (χ2n) is 3.61. The van der Waals surface area contributed by atoms with Crippen molar-refractivity contribution in [3.8, 4) is 0 Å². The minimum atomic E-state index is -0.943. The van der Waals surface area contributed by atoms with Crippen LogP contribution in [0.15, 0.2) is 12.4 Å². The van der Waals surface area contributed by atoms with E-state index in [1.165, 1.54) is 19.5 Å². The number of nitrogens with zero attached hydrogens (tertiary/aromatic N) is 2. The van der Waals surface area contributed by atoms with Crippen molar-refractivity contribution in [1.82, 2.24) is 20.4 Å². The Balaban J connectivity index is 0.000000191. The highest BCUT2D eigenvalue weighted by Crippen LogP contribution is 2.02. The number of nitrogens with one attached hydrogen (secondary N) is 2. The van der Waals surface area contributed by atoms with E-state index in [2.05, 4.69) is 25.1 Å². The third-order valence-corrected chi connectivity index (χ3v) is 2.30. The zero-order valence-electron chi connectivity index (χ0n) is 10.7. The molecule has 0 aliphatic heterocycles. The lowest BCUT2D eigenvalue weighted by atomic mass is 10.3. The van der Waals surface area contributed by atoms with Gasteiger partial charge in [-0.25, -0.2) is 9.59 Å². The summed E-state index contributed by atoms with van der Waals surface area (Å²) in [7, 11) is 1.34. The molecule has 2 heterocycles. The summed E-state index contributed by atoms with van der Waals surface area (Å²) in [5, 5.41) is 20.7. The van der Waals surface area contributed by atoms with Gasteiger partial charge in [0.05, 0.1) is 19.5 Å². The number of carboxylic acid groups (broad SMARTS) is 1. The number of aromatic carboxylic acids is 1. The van der Waals surface area contributed by atoms with Gasteiger partial charge in [0.1, 0.15) is 11.1 Å². The third kappa shape index (κ3) is 3.66. The van der Waals surface area contributed by atoms with Crippen molar-refractivity contribution >= 4 is 11.9 Å². The van der Waals surface area contributed by atoms with Crippen LogP contribution < -0.4 is 0 Å². The van der Waals surface area contributed by atoms with Crippen molar-refractivity contribution in [2.24, 2.45) is 0 Å². The maximum atomic E-state index is 10.8. The molecule has 0 aliphatic carbocycles. The Kier molecular flexibility index (Phi) is 4.81. The Bertz CT molecular complexity index is 573. The van der Waals surface area contributed by atoms with Gasteiger partial charge in [0, 0.05) is 11.4 Å². The van der Waals surface area contributed by atoms with Gasteiger partial charge in [-0.3, -0.25) is 10.2 Å². The molecule has 19 heavy (non-hydrogen) atoms. The quantitative estimate of drug-likeness (QED) is 0.695. The molecule has 3 N–H and O–H groups in total. The fourth-order valence-electron chi connectivity index (χ4n) is 1.23. The van der Waals surface area contributed by atoms with Gasteiger partial charge in [0.25, 0.3) is 0 Å². The molecular formula is C11H14N4O4. The van der Waals surface area contributed by atoms with Crippen molar-refractivity contribution in [3.05, 3.63) is 34.9 Å². The molecule has 0 amide bonds. The molecule has 0 unspecified atom stereocenters. The largest absolute Gasteiger partial charge is 0.478 e. The number of aromatic amines is 2. The van der Waals surface area contributed by atoms with Crippen LogP contribution in [-0.2, 0) is 4.74 Å². The normalized spacial score (nSPS) is 9.42. The van der Waals surface area contributed by atoms with Crippen molar-refractivity contribution in [2.45, 2.75) is 13.8 Å². The molecule has 0 spiro atoms. The molecule has 0 aromatic carbocycles. The van der Waals surface area contributed by atoms with Crippen LogP contribution in [-0.4, -0.2) is 44.5 Å². The van der Waals surface area contributed by atoms with Crippen LogP contribution in [0.1, 0.15) is 32.1 Å². The zero-order chi connectivity index (χ0) is 14.4. The van der Waals surface area contributed by atoms with Crippen molar-refractivity contribution in [2.75, 3.05) is 7.11 Å². The lowest BCUT2D eigenvalue weighted by Gasteiger charge is -1.93. The third-order valence-electron chi connectivity index (χ3n) is 2.30. The molecule has 0 bridgehead atoms. The molecular weight excluding hydrogens is 252 g/mol. The van der Waals surface area contributed by atoms with E-state index in [-0.39, 0.29) is 11.5 Å². The fourth-order valence-corrected chi connectivity index (χ4v) is 1.23. The molecule has 102 valence electrons. The van der Waals surface area contributed by atoms with Gasteiger partial charge in [0.2, 0.25) is 0 Å². The number of carbonyl (C=O) groups is 2. The minimum absolute atomic E-state index is 0.231. The van der Waals surface area contributed by atoms with Gasteiger partial charge in [-0.05, 0) is 13.8 Å². The standard InChI is InChI=1S/C6H8N2O2.C5H6N2O2/c1-4-5(3-7-8-4)6(9)10-2;1-3-4(5(8)9)2-6-7-3/h3H,1-2H3,(H,7,8);2H,1H3,(H,6,7)(H,8,9). The first-order valence-electron chi connectivity index (χ1n) is 5.29. The van der Waals surface area contributed by atoms with Gasteiger partial charge in [-0.1, -0.05) is 0 Å². The SMILES string of the molecule is COC(=O)c1cn[nH]c1C.Cc1[nH]ncc1C(=O)O. The van der Waals surface area contributed by atoms with Crippen LogP contribution >= 0.6 is 0 Å². The average molecular weight is 266 g/mol. The van der Waals surface area contributed by atoms with E-state index in [0.29, 0.717) is 11.3 Å². The van der Waals surface area contributed by atoms with Gasteiger partial charge in [0.15, 0.2) is 0 Å². The number of rotatable bonds is 2. The number of ether oxygens (including phenoxy) is 1. The van der Waals surface area contributed by atoms with Crippen LogP contribution in [0.4, 0.5) is 0 Å². The fraction of sp³-hybridized carbons (Fsp3) is 0.273. The number of H-pyrrole nitrogens is 2. The number of methoxy groups -OCH3 is 1. The maximum Gasteiger partial charge on any atom is 0.341 e. The monoisotopic (exact) mass is 266 g/mol. The Labute approximate surface area is 108 Å². The molecule has 8 nitrogen and oxygen atoms in total. The van der Waals surface area contributed by atoms with Crippen molar-refractivity contribution in [3.63, 3.8) is 0 Å². The predicted octanol–water partition coefficient (Wildman–Crippen LogP) is 0.921. The highest BCUT2D eigenvalue weighted by molar-refractivity contribution is 5.90. The van der Waals surface area contributed by atoms with Crippen LogP contribution in [0.2, 0.25) is 0 Å². The Morgan fingerprint density at radius 2 is 1.58 bits per heavy atom. The molecule has 0 radical (unpaired) electrons. The van der Waals surface area contributed by atoms with Gasteiger partial charge in [-0.2, -0.15) is 10.2 Å². The average Bonchev–Trinajstić information content (AvgIpc) is 2.97. The second kappa shape index (κ2) is 6.34. The minimum Gasteiger partial charge on any atom is -0.478 e. The molecule has 2 aromatic rings. The van der Waals surface area contributed by atoms with Gasteiger partial charge in [-0.15, -0.1) is 0 Å². The van der Waals surface area contributed by atoms with Crippen LogP contribution in [0.25, 0.3) is 0 Å². The van der Waals surface area contributed by atoms with E-state index in [9.17, 15) is 9.59 Å². The summed E-state index contributed by atoms with van der Waals surface area (Å²) in [6.45, 7) is 3.43. The Morgan fingerprint density at radius 3 is 1.84 bits per heavy atom. The molecule has 2 rings (SSSR count). The highest BCUT2D eigenvalue weighted by atomic mass is 16.5. The molecule has 0 saturated carbocycles. The first-order chi connectivity index (χ1) is 8.97. The lowest BCUT2D eigenvalue weighted by molar-refractivity contribution is 0.0599. The molecule has 0 atom stereocenters. The summed E-state index contributed by atoms with van der Waals surface area (Å²) in [5.41, 5.74) is 2.03. The second-order valence-corrected chi connectivity index (χ2v) is 3.61.